The first-order valence-corrected chi connectivity index (χ1v) is 9.56. The minimum absolute atomic E-state index is 0.0388. The van der Waals surface area contributed by atoms with Crippen LogP contribution >= 0.6 is 0 Å². The molecule has 0 aromatic heterocycles. The molecule has 1 aromatic rings. The molecule has 0 spiro atoms. The summed E-state index contributed by atoms with van der Waals surface area (Å²) in [7, 11) is 0. The first-order valence-electron chi connectivity index (χ1n) is 9.56. The van der Waals surface area contributed by atoms with Gasteiger partial charge in [-0.05, 0) is 23.3 Å². The van der Waals surface area contributed by atoms with Crippen molar-refractivity contribution in [1.29, 1.82) is 0 Å². The lowest BCUT2D eigenvalue weighted by atomic mass is 9.53. The van der Waals surface area contributed by atoms with E-state index in [9.17, 15) is 5.11 Å². The zero-order valence-corrected chi connectivity index (χ0v) is 15.4. The third-order valence-electron chi connectivity index (χ3n) is 7.71. The van der Waals surface area contributed by atoms with E-state index in [1.165, 1.54) is 5.56 Å². The van der Waals surface area contributed by atoms with Crippen molar-refractivity contribution >= 4 is 0 Å². The Kier molecular flexibility index (Phi) is 3.29. The van der Waals surface area contributed by atoms with Crippen molar-refractivity contribution in [2.75, 3.05) is 0 Å². The van der Waals surface area contributed by atoms with Gasteiger partial charge < -0.3 is 19.3 Å². The van der Waals surface area contributed by atoms with Gasteiger partial charge in [-0.1, -0.05) is 58.0 Å². The van der Waals surface area contributed by atoms with E-state index in [0.29, 0.717) is 36.2 Å². The molecule has 8 unspecified atom stereocenters. The highest BCUT2D eigenvalue weighted by Crippen LogP contribution is 2.81. The van der Waals surface area contributed by atoms with Gasteiger partial charge in [0, 0.05) is 17.3 Å². The number of ether oxygens (including phenoxy) is 3. The zero-order valence-electron chi connectivity index (χ0n) is 15.4. The Balaban J connectivity index is 1.52. The number of aliphatic hydroxyl groups excluding tert-OH is 1. The molecule has 4 heteroatoms. The maximum Gasteiger partial charge on any atom is 0.269 e. The van der Waals surface area contributed by atoms with Crippen LogP contribution in [0.2, 0.25) is 0 Å². The smallest absolute Gasteiger partial charge is 0.269 e. The van der Waals surface area contributed by atoms with Crippen LogP contribution in [0.1, 0.15) is 33.3 Å². The van der Waals surface area contributed by atoms with E-state index in [2.05, 4.69) is 39.8 Å². The normalized spacial score (nSPS) is 48.6. The zero-order chi connectivity index (χ0) is 17.6. The average molecular weight is 344 g/mol. The number of benzene rings is 1. The standard InChI is InChI=1S/C21H28O4/c1-11(2)13-15-14-16-18(25-19(22)24-17(13)14)21(15,20(16,3)4)23-10-12-8-6-5-7-9-12/h5-9,11,13-19,22H,10H2,1-4H3. The summed E-state index contributed by atoms with van der Waals surface area (Å²) < 4.78 is 18.5. The third kappa shape index (κ3) is 1.77. The molecule has 4 aliphatic rings. The number of hydrogen-bond acceptors (Lipinski definition) is 4. The molecule has 136 valence electrons. The Hall–Kier alpha value is -0.940. The monoisotopic (exact) mass is 344 g/mol. The van der Waals surface area contributed by atoms with E-state index >= 15 is 0 Å². The Morgan fingerprint density at radius 3 is 2.52 bits per heavy atom. The van der Waals surface area contributed by atoms with Crippen molar-refractivity contribution in [3.8, 4) is 0 Å². The predicted molar refractivity (Wildman–Crippen MR) is 92.3 cm³/mol. The summed E-state index contributed by atoms with van der Waals surface area (Å²) in [5.41, 5.74) is 0.898. The summed E-state index contributed by atoms with van der Waals surface area (Å²) in [6, 6.07) is 10.3. The van der Waals surface area contributed by atoms with Crippen LogP contribution in [0, 0.1) is 35.0 Å². The highest BCUT2D eigenvalue weighted by Gasteiger charge is 2.88. The highest BCUT2D eigenvalue weighted by atomic mass is 16.8. The molecule has 1 N–H and O–H groups in total. The Bertz CT molecular complexity index is 672. The minimum Gasteiger partial charge on any atom is -0.367 e. The van der Waals surface area contributed by atoms with Crippen molar-refractivity contribution < 1.29 is 19.3 Å². The van der Waals surface area contributed by atoms with E-state index in [-0.39, 0.29) is 23.2 Å². The molecule has 3 aliphatic carbocycles. The van der Waals surface area contributed by atoms with Gasteiger partial charge in [0.05, 0.1) is 18.8 Å². The lowest BCUT2D eigenvalue weighted by Crippen LogP contribution is -2.72. The average Bonchev–Trinajstić information content (AvgIpc) is 2.83. The Morgan fingerprint density at radius 1 is 1.12 bits per heavy atom. The number of aliphatic hydroxyl groups is 1. The maximum atomic E-state index is 10.2. The SMILES string of the molecule is CC(C)C1C2OC(O)OC3C4C2C1C3(OCc1ccccc1)C4(C)C. The molecule has 1 saturated heterocycles. The molecule has 0 radical (unpaired) electrons. The highest BCUT2D eigenvalue weighted by molar-refractivity contribution is 5.36. The van der Waals surface area contributed by atoms with Gasteiger partial charge in [-0.3, -0.25) is 0 Å². The van der Waals surface area contributed by atoms with Crippen LogP contribution in [-0.4, -0.2) is 29.4 Å². The van der Waals surface area contributed by atoms with E-state index in [0.717, 1.165) is 0 Å². The quantitative estimate of drug-likeness (QED) is 0.911. The lowest BCUT2D eigenvalue weighted by molar-refractivity contribution is -0.395. The summed E-state index contributed by atoms with van der Waals surface area (Å²) in [4.78, 5) is 0. The van der Waals surface area contributed by atoms with Crippen LogP contribution in [0.15, 0.2) is 30.3 Å². The van der Waals surface area contributed by atoms with Gasteiger partial charge in [0.25, 0.3) is 6.48 Å². The van der Waals surface area contributed by atoms with Crippen LogP contribution in [0.4, 0.5) is 0 Å². The molecule has 0 amide bonds. The fourth-order valence-electron chi connectivity index (χ4n) is 6.85. The molecule has 5 rings (SSSR count). The summed E-state index contributed by atoms with van der Waals surface area (Å²) in [5, 5.41) is 10.2. The van der Waals surface area contributed by atoms with Gasteiger partial charge in [0.1, 0.15) is 5.60 Å². The maximum absolute atomic E-state index is 10.2. The summed E-state index contributed by atoms with van der Waals surface area (Å²) in [5.74, 6) is 2.24. The fourth-order valence-corrected chi connectivity index (χ4v) is 6.85. The molecule has 4 bridgehead atoms. The van der Waals surface area contributed by atoms with Gasteiger partial charge in [-0.25, -0.2) is 0 Å². The van der Waals surface area contributed by atoms with Crippen molar-refractivity contribution in [2.24, 2.45) is 35.0 Å². The van der Waals surface area contributed by atoms with E-state index in [1.807, 2.05) is 18.2 Å². The van der Waals surface area contributed by atoms with Crippen LogP contribution in [-0.2, 0) is 20.8 Å². The van der Waals surface area contributed by atoms with Crippen LogP contribution in [0.5, 0.6) is 0 Å². The molecule has 1 heterocycles. The van der Waals surface area contributed by atoms with Gasteiger partial charge >= 0.3 is 0 Å². The summed E-state index contributed by atoms with van der Waals surface area (Å²) in [6.45, 7) is 8.61. The first kappa shape index (κ1) is 16.2. The molecular formula is C21H28O4. The second-order valence-corrected chi connectivity index (χ2v) is 9.20. The lowest BCUT2D eigenvalue weighted by Gasteiger charge is -2.62. The fraction of sp³-hybridized carbons (Fsp3) is 0.714. The van der Waals surface area contributed by atoms with Gasteiger partial charge in [-0.15, -0.1) is 0 Å². The number of fused-ring (bicyclic) bond motifs is 1. The molecule has 3 saturated carbocycles. The largest absolute Gasteiger partial charge is 0.367 e. The van der Waals surface area contributed by atoms with Crippen molar-refractivity contribution in [3.63, 3.8) is 0 Å². The molecular weight excluding hydrogens is 316 g/mol. The van der Waals surface area contributed by atoms with Gasteiger partial charge in [0.15, 0.2) is 0 Å². The molecule has 1 aromatic carbocycles. The van der Waals surface area contributed by atoms with Crippen molar-refractivity contribution in [2.45, 2.75) is 58.6 Å². The first-order chi connectivity index (χ1) is 11.9. The van der Waals surface area contributed by atoms with E-state index in [1.54, 1.807) is 0 Å². The molecule has 25 heavy (non-hydrogen) atoms. The van der Waals surface area contributed by atoms with Crippen LogP contribution < -0.4 is 0 Å². The number of hydrogen-bond donors (Lipinski definition) is 1. The summed E-state index contributed by atoms with van der Waals surface area (Å²) >= 11 is 0. The Labute approximate surface area is 149 Å². The molecule has 1 aliphatic heterocycles. The van der Waals surface area contributed by atoms with Crippen LogP contribution in [0.25, 0.3) is 0 Å². The molecule has 4 fully saturated rings. The summed E-state index contributed by atoms with van der Waals surface area (Å²) in [6.07, 6.45) is 0.0314. The van der Waals surface area contributed by atoms with E-state index < -0.39 is 6.48 Å². The second kappa shape index (κ2) is 5.07. The van der Waals surface area contributed by atoms with Crippen molar-refractivity contribution in [1.82, 2.24) is 0 Å². The van der Waals surface area contributed by atoms with E-state index in [4.69, 9.17) is 14.2 Å². The van der Waals surface area contributed by atoms with Gasteiger partial charge in [0.2, 0.25) is 0 Å². The minimum atomic E-state index is -1.12. The number of rotatable bonds is 4. The predicted octanol–water partition coefficient (Wildman–Crippen LogP) is 3.19. The van der Waals surface area contributed by atoms with Crippen LogP contribution in [0.3, 0.4) is 0 Å². The van der Waals surface area contributed by atoms with Crippen molar-refractivity contribution in [3.05, 3.63) is 35.9 Å². The molecule has 4 nitrogen and oxygen atoms in total. The van der Waals surface area contributed by atoms with Gasteiger partial charge in [-0.2, -0.15) is 0 Å². The second-order valence-electron chi connectivity index (χ2n) is 9.20. The third-order valence-corrected chi connectivity index (χ3v) is 7.71. The molecule has 8 atom stereocenters. The Morgan fingerprint density at radius 2 is 1.84 bits per heavy atom. The topological polar surface area (TPSA) is 47.9 Å².